The van der Waals surface area contributed by atoms with Gasteiger partial charge in [0.1, 0.15) is 42.5 Å². The number of rotatable bonds is 12. The number of nitrogens with zero attached hydrogens (tertiary/aromatic N) is 2. The maximum absolute atomic E-state index is 13.3. The molecule has 2 aliphatic heterocycles. The number of phenols is 1. The van der Waals surface area contributed by atoms with Crippen LogP contribution in [-0.4, -0.2) is 69.3 Å². The van der Waals surface area contributed by atoms with Crippen LogP contribution in [0.1, 0.15) is 50.3 Å². The zero-order valence-electron chi connectivity index (χ0n) is 34.7. The standard InChI is InChI=1S/C50H44N4O8/c1-53(2)32-13-18-39-42(25-32)61-43-26-33(54(3)4)14-19-40(43)47(39)36-17-12-31(24-41(36)50(59)60)49(58)52-23-7-5-6-22-51-48(57)30-10-8-29(9-11-30)46-37-20-15-34(55)27-44(37)62-45-28-35(56)16-21-38(45)46/h8-21,24-28H,5-7,22-23H2,1-4H3,(H3-,51,52,55,56,57,58,59,60)/p+1. The molecule has 12 nitrogen and oxygen atoms in total. The van der Waals surface area contributed by atoms with E-state index in [9.17, 15) is 29.4 Å². The van der Waals surface area contributed by atoms with E-state index in [1.54, 1.807) is 42.5 Å². The van der Waals surface area contributed by atoms with Gasteiger partial charge in [-0.05, 0) is 97.1 Å². The quantitative estimate of drug-likeness (QED) is 0.0544. The minimum Gasteiger partial charge on any atom is -0.508 e. The first-order chi connectivity index (χ1) is 29.9. The Kier molecular flexibility index (Phi) is 11.3. The number of carboxylic acid groups (broad SMARTS) is 1. The number of benzene rings is 6. The third-order valence-electron chi connectivity index (χ3n) is 11.0. The number of nitrogens with one attached hydrogen (secondary N) is 2. The molecule has 0 saturated heterocycles. The number of carboxylic acids is 1. The molecule has 0 radical (unpaired) electrons. The van der Waals surface area contributed by atoms with Gasteiger partial charge in [-0.25, -0.2) is 9.37 Å². The van der Waals surface area contributed by atoms with Crippen molar-refractivity contribution >= 4 is 45.4 Å². The van der Waals surface area contributed by atoms with Crippen LogP contribution >= 0.6 is 0 Å². The van der Waals surface area contributed by atoms with E-state index in [0.29, 0.717) is 65.3 Å². The molecule has 0 spiro atoms. The lowest BCUT2D eigenvalue weighted by molar-refractivity contribution is 0.0697. The predicted molar refractivity (Wildman–Crippen MR) is 241 cm³/mol. The molecule has 0 bridgehead atoms. The number of carbonyl (C=O) groups excluding carboxylic acids is 2. The van der Waals surface area contributed by atoms with E-state index in [-0.39, 0.29) is 34.1 Å². The monoisotopic (exact) mass is 829 g/mol. The normalized spacial score (nSPS) is 11.3. The summed E-state index contributed by atoms with van der Waals surface area (Å²) in [5.41, 5.74) is 6.83. The van der Waals surface area contributed by atoms with Crippen LogP contribution in [0.2, 0.25) is 0 Å². The van der Waals surface area contributed by atoms with Crippen LogP contribution in [0.3, 0.4) is 0 Å². The molecule has 62 heavy (non-hydrogen) atoms. The molecule has 12 heteroatoms. The Balaban J connectivity index is 0.893. The van der Waals surface area contributed by atoms with Gasteiger partial charge in [0, 0.05) is 101 Å². The molecule has 2 amide bonds. The van der Waals surface area contributed by atoms with Gasteiger partial charge in [-0.15, -0.1) is 0 Å². The summed E-state index contributed by atoms with van der Waals surface area (Å²) < 4.78 is 14.3. The SMILES string of the molecule is CN(C)c1ccc2c(-c3ccc(C(=O)NCCCCCNC(=O)c4ccc(-c5c6ccc(=O)cc-6oc6cc(O)ccc56)cc4)cc3C(=O)O)c3ccc(=[N+](C)C)cc-3oc2c1. The third kappa shape index (κ3) is 8.22. The molecule has 0 unspecified atom stereocenters. The van der Waals surface area contributed by atoms with Gasteiger partial charge in [-0.1, -0.05) is 18.2 Å². The molecule has 0 atom stereocenters. The predicted octanol–water partition coefficient (Wildman–Crippen LogP) is 7.91. The number of phenolic OH excluding ortho intramolecular Hbond substituents is 1. The first kappa shape index (κ1) is 41.0. The number of amides is 2. The van der Waals surface area contributed by atoms with Gasteiger partial charge in [0.2, 0.25) is 5.36 Å². The first-order valence-electron chi connectivity index (χ1n) is 20.3. The lowest BCUT2D eigenvalue weighted by atomic mass is 9.89. The van der Waals surface area contributed by atoms with E-state index in [0.717, 1.165) is 50.5 Å². The van der Waals surface area contributed by atoms with Gasteiger partial charge >= 0.3 is 5.97 Å². The Morgan fingerprint density at radius 2 is 1.23 bits per heavy atom. The third-order valence-corrected chi connectivity index (χ3v) is 11.0. The maximum atomic E-state index is 13.3. The number of hydrogen-bond acceptors (Lipinski definition) is 8. The van der Waals surface area contributed by atoms with E-state index < -0.39 is 5.97 Å². The summed E-state index contributed by atoms with van der Waals surface area (Å²) in [6.45, 7) is 0.819. The smallest absolute Gasteiger partial charge is 0.336 e. The van der Waals surface area contributed by atoms with Crippen molar-refractivity contribution in [2.75, 3.05) is 46.2 Å². The number of carbonyl (C=O) groups is 3. The van der Waals surface area contributed by atoms with E-state index in [4.69, 9.17) is 8.83 Å². The van der Waals surface area contributed by atoms with Gasteiger partial charge in [0.05, 0.1) is 11.6 Å². The average molecular weight is 830 g/mol. The summed E-state index contributed by atoms with van der Waals surface area (Å²) in [5.74, 6) is -0.698. The second kappa shape index (κ2) is 17.1. The first-order valence-corrected chi connectivity index (χ1v) is 20.3. The Hall–Kier alpha value is -7.73. The second-order valence-electron chi connectivity index (χ2n) is 15.7. The Labute approximate surface area is 356 Å². The molecule has 2 heterocycles. The number of aromatic hydroxyl groups is 1. The van der Waals surface area contributed by atoms with Gasteiger partial charge in [-0.3, -0.25) is 14.4 Å². The molecule has 4 aliphatic rings. The Morgan fingerprint density at radius 1 is 0.629 bits per heavy atom. The summed E-state index contributed by atoms with van der Waals surface area (Å²) in [4.78, 5) is 53.1. The van der Waals surface area contributed by atoms with Crippen molar-refractivity contribution in [2.24, 2.45) is 0 Å². The fourth-order valence-electron chi connectivity index (χ4n) is 7.79. The molecule has 2 aliphatic carbocycles. The lowest BCUT2D eigenvalue weighted by Gasteiger charge is -2.19. The van der Waals surface area contributed by atoms with Crippen molar-refractivity contribution < 1.29 is 33.4 Å². The van der Waals surface area contributed by atoms with Crippen molar-refractivity contribution in [1.82, 2.24) is 15.2 Å². The molecular formula is C50H45N4O8+. The topological polar surface area (TPSA) is 165 Å². The van der Waals surface area contributed by atoms with Crippen LogP contribution in [0.5, 0.6) is 5.75 Å². The molecule has 312 valence electrons. The van der Waals surface area contributed by atoms with Crippen molar-refractivity contribution in [1.29, 1.82) is 0 Å². The molecule has 0 saturated carbocycles. The minimum absolute atomic E-state index is 0.00303. The minimum atomic E-state index is -1.15. The van der Waals surface area contributed by atoms with Crippen LogP contribution in [0.4, 0.5) is 5.69 Å². The van der Waals surface area contributed by atoms with E-state index in [2.05, 4.69) is 10.6 Å². The van der Waals surface area contributed by atoms with E-state index >= 15 is 0 Å². The van der Waals surface area contributed by atoms with Gasteiger partial charge in [-0.2, -0.15) is 0 Å². The number of aromatic carboxylic acids is 1. The molecule has 4 N–H and O–H groups in total. The zero-order chi connectivity index (χ0) is 43.7. The highest BCUT2D eigenvalue weighted by atomic mass is 16.4. The second-order valence-corrected chi connectivity index (χ2v) is 15.7. The molecule has 4 aromatic rings. The fourth-order valence-corrected chi connectivity index (χ4v) is 7.79. The fraction of sp³-hybridized carbons (Fsp3) is 0.180. The molecule has 8 rings (SSSR count). The van der Waals surface area contributed by atoms with Crippen molar-refractivity contribution in [3.8, 4) is 50.7 Å². The molecular weight excluding hydrogens is 785 g/mol. The molecule has 4 aromatic carbocycles. The summed E-state index contributed by atoms with van der Waals surface area (Å²) in [6.07, 6.45) is 2.09. The Morgan fingerprint density at radius 3 is 1.92 bits per heavy atom. The number of unbranched alkanes of at least 4 members (excludes halogenated alkanes) is 2. The van der Waals surface area contributed by atoms with Crippen LogP contribution in [0, 0.1) is 0 Å². The van der Waals surface area contributed by atoms with Crippen LogP contribution in [-0.2, 0) is 0 Å². The summed E-state index contributed by atoms with van der Waals surface area (Å²) >= 11 is 0. The Bertz CT molecular complexity index is 3110. The maximum Gasteiger partial charge on any atom is 0.336 e. The highest BCUT2D eigenvalue weighted by Gasteiger charge is 2.24. The molecule has 0 fully saturated rings. The average Bonchev–Trinajstić information content (AvgIpc) is 3.26. The zero-order valence-corrected chi connectivity index (χ0v) is 34.7. The number of fused-ring (bicyclic) bond motifs is 4. The molecule has 0 aromatic heterocycles. The van der Waals surface area contributed by atoms with Gasteiger partial charge in [0.15, 0.2) is 5.43 Å². The van der Waals surface area contributed by atoms with Crippen LogP contribution in [0.25, 0.3) is 66.8 Å². The highest BCUT2D eigenvalue weighted by molar-refractivity contribution is 6.09. The van der Waals surface area contributed by atoms with Gasteiger partial charge < -0.3 is 34.6 Å². The number of hydrogen-bond donors (Lipinski definition) is 4. The van der Waals surface area contributed by atoms with Crippen molar-refractivity contribution in [3.63, 3.8) is 0 Å². The summed E-state index contributed by atoms with van der Waals surface area (Å²) in [7, 11) is 7.77. The summed E-state index contributed by atoms with van der Waals surface area (Å²) in [5, 5.41) is 28.8. The van der Waals surface area contributed by atoms with Crippen LogP contribution < -0.4 is 30.9 Å². The van der Waals surface area contributed by atoms with Crippen LogP contribution in [0.15, 0.2) is 129 Å². The number of anilines is 1. The summed E-state index contributed by atoms with van der Waals surface area (Å²) in [6, 6.07) is 33.1. The van der Waals surface area contributed by atoms with Gasteiger partial charge in [0.25, 0.3) is 11.8 Å². The highest BCUT2D eigenvalue weighted by Crippen LogP contribution is 2.43. The van der Waals surface area contributed by atoms with Crippen molar-refractivity contribution in [3.05, 3.63) is 148 Å². The largest absolute Gasteiger partial charge is 0.508 e. The van der Waals surface area contributed by atoms with Crippen molar-refractivity contribution in [2.45, 2.75) is 19.3 Å². The lowest BCUT2D eigenvalue weighted by Crippen LogP contribution is -2.26. The van der Waals surface area contributed by atoms with E-state index in [1.807, 2.05) is 86.2 Å². The van der Waals surface area contributed by atoms with E-state index in [1.165, 1.54) is 24.3 Å².